The van der Waals surface area contributed by atoms with Gasteiger partial charge in [-0.2, -0.15) is 4.72 Å². The average molecular weight is 372 g/mol. The number of carbonyl (C=O) groups excluding carboxylic acids is 3. The zero-order valence-corrected chi connectivity index (χ0v) is 14.7. The minimum atomic E-state index is -3.93. The summed E-state index contributed by atoms with van der Waals surface area (Å²) in [6, 6.07) is 5.26. The molecule has 1 rings (SSSR count). The number of ketones is 1. The van der Waals surface area contributed by atoms with E-state index in [4.69, 9.17) is 4.74 Å². The number of sulfonamides is 1. The Morgan fingerprint density at radius 2 is 1.76 bits per heavy atom. The number of Topliss-reactive ketones (excluding diaryl/α,β-unsaturated/α-hetero) is 1. The first-order chi connectivity index (χ1) is 11.8. The summed E-state index contributed by atoms with van der Waals surface area (Å²) in [4.78, 5) is 33.9. The van der Waals surface area contributed by atoms with Gasteiger partial charge in [-0.3, -0.25) is 14.4 Å². The van der Waals surface area contributed by atoms with Gasteiger partial charge in [0.2, 0.25) is 10.0 Å². The molecule has 1 aromatic rings. The molecule has 0 spiro atoms. The number of hydrogen-bond acceptors (Lipinski definition) is 7. The molecule has 0 aliphatic rings. The number of benzene rings is 1. The number of ether oxygens (including phenoxy) is 2. The van der Waals surface area contributed by atoms with Crippen LogP contribution in [0.25, 0.3) is 0 Å². The van der Waals surface area contributed by atoms with Crippen molar-refractivity contribution >= 4 is 27.7 Å². The second-order valence-corrected chi connectivity index (χ2v) is 6.68. The van der Waals surface area contributed by atoms with E-state index in [1.807, 2.05) is 0 Å². The molecule has 1 aromatic carbocycles. The van der Waals surface area contributed by atoms with Crippen LogP contribution in [0.5, 0.6) is 0 Å². The SMILES string of the molecule is COCCNC(=O)COC(=O)CNS(=O)(=O)c1ccc(C(C)=O)cc1. The van der Waals surface area contributed by atoms with Gasteiger partial charge in [0.05, 0.1) is 11.5 Å². The predicted molar refractivity (Wildman–Crippen MR) is 87.5 cm³/mol. The first-order valence-corrected chi connectivity index (χ1v) is 8.76. The molecule has 1 amide bonds. The molecular weight excluding hydrogens is 352 g/mol. The van der Waals surface area contributed by atoms with E-state index in [2.05, 4.69) is 14.8 Å². The molecule has 0 heterocycles. The van der Waals surface area contributed by atoms with Crippen molar-refractivity contribution < 1.29 is 32.3 Å². The zero-order valence-electron chi connectivity index (χ0n) is 13.9. The molecule has 138 valence electrons. The van der Waals surface area contributed by atoms with E-state index in [1.165, 1.54) is 38.3 Å². The molecule has 0 aromatic heterocycles. The van der Waals surface area contributed by atoms with E-state index in [-0.39, 0.29) is 17.2 Å². The lowest BCUT2D eigenvalue weighted by atomic mass is 10.2. The van der Waals surface area contributed by atoms with Crippen molar-refractivity contribution in [1.29, 1.82) is 0 Å². The number of hydrogen-bond donors (Lipinski definition) is 2. The van der Waals surface area contributed by atoms with Gasteiger partial charge in [0.25, 0.3) is 5.91 Å². The molecule has 0 aliphatic carbocycles. The van der Waals surface area contributed by atoms with Crippen molar-refractivity contribution in [2.24, 2.45) is 0 Å². The summed E-state index contributed by atoms with van der Waals surface area (Å²) in [5.41, 5.74) is 0.373. The summed E-state index contributed by atoms with van der Waals surface area (Å²) in [5.74, 6) is -1.61. The van der Waals surface area contributed by atoms with Crippen LogP contribution in [-0.4, -0.2) is 59.5 Å². The fourth-order valence-electron chi connectivity index (χ4n) is 1.65. The van der Waals surface area contributed by atoms with E-state index < -0.39 is 35.1 Å². The molecule has 10 heteroatoms. The van der Waals surface area contributed by atoms with Gasteiger partial charge in [-0.1, -0.05) is 12.1 Å². The predicted octanol–water partition coefficient (Wildman–Crippen LogP) is -0.527. The van der Waals surface area contributed by atoms with Crippen molar-refractivity contribution in [2.45, 2.75) is 11.8 Å². The van der Waals surface area contributed by atoms with Crippen LogP contribution < -0.4 is 10.0 Å². The lowest BCUT2D eigenvalue weighted by molar-refractivity contribution is -0.147. The first-order valence-electron chi connectivity index (χ1n) is 7.28. The number of rotatable bonds is 10. The Morgan fingerprint density at radius 3 is 2.32 bits per heavy atom. The van der Waals surface area contributed by atoms with Gasteiger partial charge in [0, 0.05) is 19.2 Å². The Hall–Kier alpha value is -2.30. The van der Waals surface area contributed by atoms with Gasteiger partial charge in [0.15, 0.2) is 12.4 Å². The average Bonchev–Trinajstić information content (AvgIpc) is 2.58. The number of nitrogens with one attached hydrogen (secondary N) is 2. The highest BCUT2D eigenvalue weighted by molar-refractivity contribution is 7.89. The molecular formula is C15H20N2O7S. The standard InChI is InChI=1S/C15H20N2O7S/c1-11(18)12-3-5-13(6-4-12)25(21,22)17-9-15(20)24-10-14(19)16-7-8-23-2/h3-6,17H,7-10H2,1-2H3,(H,16,19). The fraction of sp³-hybridized carbons (Fsp3) is 0.400. The van der Waals surface area contributed by atoms with Gasteiger partial charge in [-0.25, -0.2) is 8.42 Å². The highest BCUT2D eigenvalue weighted by Crippen LogP contribution is 2.10. The summed E-state index contributed by atoms with van der Waals surface area (Å²) in [6.07, 6.45) is 0. The van der Waals surface area contributed by atoms with Gasteiger partial charge < -0.3 is 14.8 Å². The summed E-state index contributed by atoms with van der Waals surface area (Å²) < 4.78 is 35.5. The molecule has 25 heavy (non-hydrogen) atoms. The zero-order chi connectivity index (χ0) is 18.9. The van der Waals surface area contributed by atoms with E-state index in [9.17, 15) is 22.8 Å². The minimum absolute atomic E-state index is 0.0948. The Bertz CT molecular complexity index is 714. The second-order valence-electron chi connectivity index (χ2n) is 4.91. The largest absolute Gasteiger partial charge is 0.455 e. The van der Waals surface area contributed by atoms with Crippen LogP contribution in [0.2, 0.25) is 0 Å². The van der Waals surface area contributed by atoms with Crippen LogP contribution in [0, 0.1) is 0 Å². The third-order valence-corrected chi connectivity index (χ3v) is 4.39. The van der Waals surface area contributed by atoms with E-state index in [0.29, 0.717) is 12.2 Å². The van der Waals surface area contributed by atoms with Crippen LogP contribution in [0.1, 0.15) is 17.3 Å². The number of amides is 1. The molecule has 9 nitrogen and oxygen atoms in total. The highest BCUT2D eigenvalue weighted by atomic mass is 32.2. The molecule has 0 unspecified atom stereocenters. The van der Waals surface area contributed by atoms with Crippen LogP contribution in [0.3, 0.4) is 0 Å². The maximum atomic E-state index is 12.0. The van der Waals surface area contributed by atoms with Crippen LogP contribution >= 0.6 is 0 Å². The van der Waals surface area contributed by atoms with Gasteiger partial charge in [-0.15, -0.1) is 0 Å². The molecule has 0 radical (unpaired) electrons. The molecule has 0 saturated carbocycles. The van der Waals surface area contributed by atoms with E-state index in [1.54, 1.807) is 0 Å². The Balaban J connectivity index is 2.46. The molecule has 0 atom stereocenters. The Morgan fingerprint density at radius 1 is 1.12 bits per heavy atom. The van der Waals surface area contributed by atoms with Crippen LogP contribution in [0.15, 0.2) is 29.2 Å². The quantitative estimate of drug-likeness (QED) is 0.321. The maximum absolute atomic E-state index is 12.0. The molecule has 0 fully saturated rings. The Kier molecular flexibility index (Phi) is 8.19. The maximum Gasteiger partial charge on any atom is 0.321 e. The summed E-state index contributed by atoms with van der Waals surface area (Å²) in [5, 5.41) is 2.44. The van der Waals surface area contributed by atoms with Gasteiger partial charge in [-0.05, 0) is 19.1 Å². The van der Waals surface area contributed by atoms with Crippen LogP contribution in [-0.2, 0) is 29.1 Å². The normalized spacial score (nSPS) is 11.0. The lowest BCUT2D eigenvalue weighted by Gasteiger charge is -2.08. The molecule has 0 aliphatic heterocycles. The fourth-order valence-corrected chi connectivity index (χ4v) is 2.62. The number of carbonyl (C=O) groups is 3. The lowest BCUT2D eigenvalue weighted by Crippen LogP contribution is -2.34. The summed E-state index contributed by atoms with van der Waals surface area (Å²) in [7, 11) is -2.46. The monoisotopic (exact) mass is 372 g/mol. The molecule has 0 bridgehead atoms. The van der Waals surface area contributed by atoms with Crippen LogP contribution in [0.4, 0.5) is 0 Å². The summed E-state index contributed by atoms with van der Waals surface area (Å²) in [6.45, 7) is 0.820. The van der Waals surface area contributed by atoms with Crippen molar-refractivity contribution in [3.05, 3.63) is 29.8 Å². The molecule has 0 saturated heterocycles. The third kappa shape index (κ3) is 7.42. The van der Waals surface area contributed by atoms with Crippen molar-refractivity contribution in [3.63, 3.8) is 0 Å². The van der Waals surface area contributed by atoms with E-state index in [0.717, 1.165) is 0 Å². The highest BCUT2D eigenvalue weighted by Gasteiger charge is 2.17. The first kappa shape index (κ1) is 20.7. The van der Waals surface area contributed by atoms with Crippen molar-refractivity contribution in [3.8, 4) is 0 Å². The number of esters is 1. The smallest absolute Gasteiger partial charge is 0.321 e. The summed E-state index contributed by atoms with van der Waals surface area (Å²) >= 11 is 0. The minimum Gasteiger partial charge on any atom is -0.455 e. The number of methoxy groups -OCH3 is 1. The molecule has 2 N–H and O–H groups in total. The third-order valence-electron chi connectivity index (χ3n) is 2.97. The second kappa shape index (κ2) is 9.87. The van der Waals surface area contributed by atoms with Crippen molar-refractivity contribution in [2.75, 3.05) is 33.4 Å². The van der Waals surface area contributed by atoms with Gasteiger partial charge >= 0.3 is 5.97 Å². The Labute approximate surface area is 145 Å². The topological polar surface area (TPSA) is 128 Å². The van der Waals surface area contributed by atoms with E-state index >= 15 is 0 Å². The van der Waals surface area contributed by atoms with Crippen molar-refractivity contribution in [1.82, 2.24) is 10.0 Å². The van der Waals surface area contributed by atoms with Gasteiger partial charge in [0.1, 0.15) is 6.54 Å².